The van der Waals surface area contributed by atoms with E-state index in [9.17, 15) is 8.42 Å². The first-order valence-electron chi connectivity index (χ1n) is 8.92. The molecule has 2 aliphatic heterocycles. The smallest absolute Gasteiger partial charge is 0.283 e. The van der Waals surface area contributed by atoms with Crippen molar-refractivity contribution in [2.75, 3.05) is 32.7 Å². The minimum absolute atomic E-state index is 0.282. The van der Waals surface area contributed by atoms with Crippen molar-refractivity contribution in [3.05, 3.63) is 29.8 Å². The lowest BCUT2D eigenvalue weighted by Gasteiger charge is -2.31. The van der Waals surface area contributed by atoms with Gasteiger partial charge in [0.25, 0.3) is 10.0 Å². The molecule has 0 aromatic heterocycles. The van der Waals surface area contributed by atoms with E-state index >= 15 is 0 Å². The molecular formula is C18H27N3O2S. The third-order valence-electron chi connectivity index (χ3n) is 4.83. The maximum Gasteiger partial charge on any atom is 0.283 e. The maximum atomic E-state index is 12.7. The SMILES string of the molecule is Cc1ccc(S(=O)(=O)/N=C(\CN2CCCC2)N2CCCCC2)cc1. The highest BCUT2D eigenvalue weighted by Crippen LogP contribution is 2.17. The second-order valence-corrected chi connectivity index (χ2v) is 8.43. The van der Waals surface area contributed by atoms with Gasteiger partial charge in [-0.05, 0) is 64.3 Å². The molecule has 1 aromatic rings. The topological polar surface area (TPSA) is 53.0 Å². The van der Waals surface area contributed by atoms with Gasteiger partial charge in [-0.2, -0.15) is 8.42 Å². The summed E-state index contributed by atoms with van der Waals surface area (Å²) in [7, 11) is -3.65. The molecular weight excluding hydrogens is 322 g/mol. The minimum atomic E-state index is -3.65. The molecule has 2 heterocycles. The molecule has 0 amide bonds. The van der Waals surface area contributed by atoms with Crippen molar-refractivity contribution in [3.8, 4) is 0 Å². The third-order valence-corrected chi connectivity index (χ3v) is 6.15. The van der Waals surface area contributed by atoms with E-state index in [-0.39, 0.29) is 4.90 Å². The van der Waals surface area contributed by atoms with E-state index in [1.807, 2.05) is 19.1 Å². The maximum absolute atomic E-state index is 12.7. The van der Waals surface area contributed by atoms with Gasteiger partial charge in [-0.1, -0.05) is 17.7 Å². The van der Waals surface area contributed by atoms with Crippen molar-refractivity contribution in [2.45, 2.75) is 43.9 Å². The third kappa shape index (κ3) is 4.36. The molecule has 0 spiro atoms. The van der Waals surface area contributed by atoms with E-state index < -0.39 is 10.0 Å². The lowest BCUT2D eigenvalue weighted by Crippen LogP contribution is -2.42. The monoisotopic (exact) mass is 349 g/mol. The van der Waals surface area contributed by atoms with E-state index in [2.05, 4.69) is 14.2 Å². The first-order chi connectivity index (χ1) is 11.5. The first-order valence-corrected chi connectivity index (χ1v) is 10.4. The lowest BCUT2D eigenvalue weighted by atomic mass is 10.1. The second kappa shape index (κ2) is 7.66. The lowest BCUT2D eigenvalue weighted by molar-refractivity contribution is 0.312. The zero-order valence-electron chi connectivity index (χ0n) is 14.4. The van der Waals surface area contributed by atoms with E-state index in [1.165, 1.54) is 19.3 Å². The fourth-order valence-corrected chi connectivity index (χ4v) is 4.42. The summed E-state index contributed by atoms with van der Waals surface area (Å²) in [6.45, 7) is 6.50. The second-order valence-electron chi connectivity index (χ2n) is 6.83. The van der Waals surface area contributed by atoms with Gasteiger partial charge >= 0.3 is 0 Å². The highest BCUT2D eigenvalue weighted by Gasteiger charge is 2.23. The number of hydrogen-bond acceptors (Lipinski definition) is 3. The number of amidine groups is 1. The summed E-state index contributed by atoms with van der Waals surface area (Å²) in [5, 5.41) is 0. The molecule has 0 aliphatic carbocycles. The molecule has 6 heteroatoms. The molecule has 132 valence electrons. The van der Waals surface area contributed by atoms with E-state index in [0.29, 0.717) is 6.54 Å². The Hall–Kier alpha value is -1.40. The Morgan fingerprint density at radius 1 is 0.958 bits per heavy atom. The summed E-state index contributed by atoms with van der Waals surface area (Å²) in [4.78, 5) is 4.77. The van der Waals surface area contributed by atoms with Crippen molar-refractivity contribution in [1.29, 1.82) is 0 Å². The summed E-state index contributed by atoms with van der Waals surface area (Å²) >= 11 is 0. The van der Waals surface area contributed by atoms with E-state index in [0.717, 1.165) is 50.4 Å². The molecule has 2 saturated heterocycles. The first kappa shape index (κ1) is 17.4. The van der Waals surface area contributed by atoms with Gasteiger partial charge in [0.1, 0.15) is 5.84 Å². The number of nitrogens with zero attached hydrogens (tertiary/aromatic N) is 3. The van der Waals surface area contributed by atoms with Crippen LogP contribution in [0, 0.1) is 6.92 Å². The van der Waals surface area contributed by atoms with Crippen LogP contribution in [-0.4, -0.2) is 56.8 Å². The number of likely N-dealkylation sites (tertiary alicyclic amines) is 2. The van der Waals surface area contributed by atoms with Crippen LogP contribution in [-0.2, 0) is 10.0 Å². The van der Waals surface area contributed by atoms with Crippen molar-refractivity contribution in [3.63, 3.8) is 0 Å². The van der Waals surface area contributed by atoms with Crippen LogP contribution < -0.4 is 0 Å². The number of piperidine rings is 1. The van der Waals surface area contributed by atoms with Gasteiger partial charge in [-0.25, -0.2) is 0 Å². The van der Waals surface area contributed by atoms with Crippen LogP contribution in [0.15, 0.2) is 33.6 Å². The van der Waals surface area contributed by atoms with Crippen LogP contribution in [0.25, 0.3) is 0 Å². The van der Waals surface area contributed by atoms with Crippen molar-refractivity contribution in [1.82, 2.24) is 9.80 Å². The summed E-state index contributed by atoms with van der Waals surface area (Å²) in [5.41, 5.74) is 1.05. The molecule has 0 N–H and O–H groups in total. The van der Waals surface area contributed by atoms with Gasteiger partial charge in [0.2, 0.25) is 0 Å². The summed E-state index contributed by atoms with van der Waals surface area (Å²) in [6.07, 6.45) is 5.83. The van der Waals surface area contributed by atoms with Crippen molar-refractivity contribution in [2.24, 2.45) is 4.40 Å². The normalized spacial score (nSPS) is 20.5. The number of aryl methyl sites for hydroxylation is 1. The zero-order chi connectivity index (χ0) is 17.0. The number of hydrogen-bond donors (Lipinski definition) is 0. The molecule has 1 aromatic carbocycles. The van der Waals surface area contributed by atoms with E-state index in [4.69, 9.17) is 0 Å². The Kier molecular flexibility index (Phi) is 5.56. The number of benzene rings is 1. The largest absolute Gasteiger partial charge is 0.358 e. The minimum Gasteiger partial charge on any atom is -0.358 e. The molecule has 0 bridgehead atoms. The fraction of sp³-hybridized carbons (Fsp3) is 0.611. The van der Waals surface area contributed by atoms with Crippen LogP contribution in [0.4, 0.5) is 0 Å². The highest BCUT2D eigenvalue weighted by molar-refractivity contribution is 7.90. The molecule has 0 radical (unpaired) electrons. The van der Waals surface area contributed by atoms with Crippen molar-refractivity contribution >= 4 is 15.9 Å². The molecule has 5 nitrogen and oxygen atoms in total. The Morgan fingerprint density at radius 2 is 1.54 bits per heavy atom. The van der Waals surface area contributed by atoms with Crippen LogP contribution in [0.2, 0.25) is 0 Å². The number of sulfonamides is 1. The summed E-state index contributed by atoms with van der Waals surface area (Å²) in [5.74, 6) is 0.720. The Balaban J connectivity index is 1.86. The van der Waals surface area contributed by atoms with Crippen LogP contribution in [0.1, 0.15) is 37.7 Å². The molecule has 24 heavy (non-hydrogen) atoms. The van der Waals surface area contributed by atoms with Gasteiger partial charge < -0.3 is 4.90 Å². The molecule has 0 unspecified atom stereocenters. The molecule has 3 rings (SSSR count). The highest BCUT2D eigenvalue weighted by atomic mass is 32.2. The average molecular weight is 350 g/mol. The van der Waals surface area contributed by atoms with Gasteiger partial charge in [-0.15, -0.1) is 4.40 Å². The predicted molar refractivity (Wildman–Crippen MR) is 96.9 cm³/mol. The molecule has 2 fully saturated rings. The molecule has 0 atom stereocenters. The molecule has 2 aliphatic rings. The summed E-state index contributed by atoms with van der Waals surface area (Å²) < 4.78 is 29.7. The quantitative estimate of drug-likeness (QED) is 0.619. The number of rotatable bonds is 4. The van der Waals surface area contributed by atoms with Crippen LogP contribution in [0.3, 0.4) is 0 Å². The standard InChI is InChI=1S/C18H27N3O2S/c1-16-7-9-17(10-8-16)24(22,23)19-18(15-20-11-5-6-12-20)21-13-3-2-4-14-21/h7-10H,2-6,11-15H2,1H3/b19-18+. The van der Waals surface area contributed by atoms with Gasteiger partial charge in [0.05, 0.1) is 11.4 Å². The van der Waals surface area contributed by atoms with Gasteiger partial charge in [0.15, 0.2) is 0 Å². The van der Waals surface area contributed by atoms with Crippen LogP contribution >= 0.6 is 0 Å². The van der Waals surface area contributed by atoms with Crippen LogP contribution in [0.5, 0.6) is 0 Å². The Morgan fingerprint density at radius 3 is 2.17 bits per heavy atom. The average Bonchev–Trinajstić information content (AvgIpc) is 3.08. The Labute approximate surface area is 145 Å². The predicted octanol–water partition coefficient (Wildman–Crippen LogP) is 2.66. The van der Waals surface area contributed by atoms with Gasteiger partial charge in [0, 0.05) is 13.1 Å². The Bertz CT molecular complexity index is 671. The zero-order valence-corrected chi connectivity index (χ0v) is 15.3. The fourth-order valence-electron chi connectivity index (χ4n) is 3.38. The van der Waals surface area contributed by atoms with Crippen molar-refractivity contribution < 1.29 is 8.42 Å². The van der Waals surface area contributed by atoms with E-state index in [1.54, 1.807) is 12.1 Å². The molecule has 0 saturated carbocycles. The van der Waals surface area contributed by atoms with Gasteiger partial charge in [-0.3, -0.25) is 4.90 Å². The summed E-state index contributed by atoms with van der Waals surface area (Å²) in [6, 6.07) is 6.95.